The number of benzene rings is 1. The van der Waals surface area contributed by atoms with Crippen molar-refractivity contribution in [3.8, 4) is 0 Å². The predicted octanol–water partition coefficient (Wildman–Crippen LogP) is 4.36. The van der Waals surface area contributed by atoms with Crippen LogP contribution in [0.1, 0.15) is 94.5 Å². The van der Waals surface area contributed by atoms with Crippen molar-refractivity contribution in [2.45, 2.75) is 97.2 Å². The van der Waals surface area contributed by atoms with E-state index in [-0.39, 0.29) is 46.9 Å². The molecule has 3 saturated heterocycles. The highest BCUT2D eigenvalue weighted by Gasteiger charge is 2.62. The van der Waals surface area contributed by atoms with E-state index in [0.717, 1.165) is 50.8 Å². The molecular formula is C41H56N6O5. The van der Waals surface area contributed by atoms with E-state index < -0.39 is 23.5 Å². The van der Waals surface area contributed by atoms with E-state index in [4.69, 9.17) is 4.74 Å². The second-order valence-corrected chi connectivity index (χ2v) is 18.0. The summed E-state index contributed by atoms with van der Waals surface area (Å²) >= 11 is 0. The number of rotatable bonds is 11. The zero-order valence-corrected chi connectivity index (χ0v) is 31.2. The molecule has 6 fully saturated rings. The number of likely N-dealkylation sites (tertiary alicyclic amines) is 3. The van der Waals surface area contributed by atoms with Crippen molar-refractivity contribution in [3.05, 3.63) is 53.9 Å². The highest BCUT2D eigenvalue weighted by Crippen LogP contribution is 2.55. The molecule has 11 heteroatoms. The molecule has 3 aliphatic carbocycles. The van der Waals surface area contributed by atoms with Crippen LogP contribution in [0.15, 0.2) is 42.7 Å². The van der Waals surface area contributed by atoms with Crippen LogP contribution in [0.2, 0.25) is 0 Å². The summed E-state index contributed by atoms with van der Waals surface area (Å²) in [6.07, 6.45) is 13.2. The van der Waals surface area contributed by atoms with Gasteiger partial charge in [-0.1, -0.05) is 69.9 Å². The molecule has 4 atom stereocenters. The maximum atomic E-state index is 14.5. The Labute approximate surface area is 307 Å². The summed E-state index contributed by atoms with van der Waals surface area (Å²) in [4.78, 5) is 61.6. The molecule has 1 aromatic heterocycles. The van der Waals surface area contributed by atoms with Gasteiger partial charge in [-0.3, -0.25) is 23.9 Å². The molecule has 11 nitrogen and oxygen atoms in total. The Morgan fingerprint density at radius 1 is 0.904 bits per heavy atom. The first-order chi connectivity index (χ1) is 24.9. The van der Waals surface area contributed by atoms with Gasteiger partial charge in [0.1, 0.15) is 6.04 Å². The van der Waals surface area contributed by atoms with Gasteiger partial charge in [-0.05, 0) is 55.9 Å². The third-order valence-electron chi connectivity index (χ3n) is 13.6. The van der Waals surface area contributed by atoms with E-state index in [2.05, 4.69) is 24.3 Å². The van der Waals surface area contributed by atoms with Crippen LogP contribution < -0.4 is 5.32 Å². The molecule has 52 heavy (non-hydrogen) atoms. The maximum Gasteiger partial charge on any atom is 0.257 e. The van der Waals surface area contributed by atoms with E-state index in [1.54, 1.807) is 22.0 Å². The first-order valence-corrected chi connectivity index (χ1v) is 19.8. The fourth-order valence-corrected chi connectivity index (χ4v) is 9.78. The second-order valence-electron chi connectivity index (χ2n) is 18.0. The lowest BCUT2D eigenvalue weighted by atomic mass is 9.63. The van der Waals surface area contributed by atoms with Crippen LogP contribution in [-0.2, 0) is 25.7 Å². The molecule has 6 aliphatic rings. The van der Waals surface area contributed by atoms with Crippen LogP contribution in [0.5, 0.6) is 0 Å². The third-order valence-corrected chi connectivity index (χ3v) is 13.6. The summed E-state index contributed by atoms with van der Waals surface area (Å²) in [5.41, 5.74) is 1.24. The van der Waals surface area contributed by atoms with Crippen molar-refractivity contribution in [1.29, 1.82) is 0 Å². The quantitative estimate of drug-likeness (QED) is 0.370. The molecule has 2 aromatic rings. The summed E-state index contributed by atoms with van der Waals surface area (Å²) in [5, 5.41) is 7.66. The van der Waals surface area contributed by atoms with Gasteiger partial charge in [0.25, 0.3) is 5.91 Å². The molecule has 0 radical (unpaired) electrons. The van der Waals surface area contributed by atoms with E-state index in [9.17, 15) is 19.2 Å². The van der Waals surface area contributed by atoms with Gasteiger partial charge in [0, 0.05) is 68.8 Å². The lowest BCUT2D eigenvalue weighted by Crippen LogP contribution is -2.68. The number of nitrogens with one attached hydrogen (secondary N) is 1. The van der Waals surface area contributed by atoms with Crippen LogP contribution in [0, 0.1) is 34.0 Å². The predicted molar refractivity (Wildman–Crippen MR) is 195 cm³/mol. The maximum absolute atomic E-state index is 14.5. The Morgan fingerprint density at radius 2 is 1.60 bits per heavy atom. The number of carbonyl (C=O) groups is 4. The van der Waals surface area contributed by atoms with E-state index in [1.165, 1.54) is 25.7 Å². The Hall–Kier alpha value is -3.73. The van der Waals surface area contributed by atoms with Crippen LogP contribution in [0.25, 0.3) is 0 Å². The Bertz CT molecular complexity index is 1660. The number of ether oxygens (including phenoxy) is 1. The van der Waals surface area contributed by atoms with Crippen LogP contribution in [-0.4, -0.2) is 106 Å². The van der Waals surface area contributed by atoms with Gasteiger partial charge in [-0.15, -0.1) is 0 Å². The molecule has 8 rings (SSSR count). The Balaban J connectivity index is 0.991. The summed E-state index contributed by atoms with van der Waals surface area (Å²) in [5.74, 6) is -0.427. The lowest BCUT2D eigenvalue weighted by molar-refractivity contribution is -0.159. The fraction of sp³-hybridized carbons (Fsp3) is 0.683. The van der Waals surface area contributed by atoms with Crippen molar-refractivity contribution < 1.29 is 23.9 Å². The van der Waals surface area contributed by atoms with Gasteiger partial charge in [0.15, 0.2) is 0 Å². The molecule has 3 saturated carbocycles. The minimum Gasteiger partial charge on any atom is -0.376 e. The summed E-state index contributed by atoms with van der Waals surface area (Å²) in [6, 6.07) is 9.17. The molecule has 280 valence electrons. The first kappa shape index (κ1) is 35.3. The number of hydrogen-bond acceptors (Lipinski definition) is 6. The first-order valence-electron chi connectivity index (χ1n) is 19.8. The lowest BCUT2D eigenvalue weighted by Gasteiger charge is -2.56. The van der Waals surface area contributed by atoms with Crippen molar-refractivity contribution >= 4 is 23.6 Å². The van der Waals surface area contributed by atoms with Crippen molar-refractivity contribution in [3.63, 3.8) is 0 Å². The van der Waals surface area contributed by atoms with Gasteiger partial charge in [-0.25, -0.2) is 0 Å². The second kappa shape index (κ2) is 13.6. The Morgan fingerprint density at radius 3 is 2.25 bits per heavy atom. The monoisotopic (exact) mass is 712 g/mol. The standard InChI is InChI=1S/C41H56N6O5/c1-28(52-22-30-13-8-5-9-14-30)34(38(51)45-23-40(24-45)15-10-16-40)43-35(48)33-21-44(25-41(33)26-46(27-41)37(50)32-17-39(32,2)3)36(49)31-18-42-47(20-31)19-29-11-6-4-7-12-29/h4,6-7,11-12,18,20,28,30,32-34H,5,8-10,13-17,19,21-27H2,1-3H3,(H,43,48)/t28-,32-,33?,34+/m1/s1. The largest absolute Gasteiger partial charge is 0.376 e. The summed E-state index contributed by atoms with van der Waals surface area (Å²) in [6.45, 7) is 10.2. The summed E-state index contributed by atoms with van der Waals surface area (Å²) < 4.78 is 8.16. The number of hydrogen-bond donors (Lipinski definition) is 1. The number of aromatic nitrogens is 2. The fourth-order valence-electron chi connectivity index (χ4n) is 9.78. The van der Waals surface area contributed by atoms with Crippen LogP contribution in [0.4, 0.5) is 0 Å². The van der Waals surface area contributed by atoms with Crippen LogP contribution >= 0.6 is 0 Å². The van der Waals surface area contributed by atoms with Crippen molar-refractivity contribution in [1.82, 2.24) is 29.8 Å². The van der Waals surface area contributed by atoms with Gasteiger partial charge < -0.3 is 24.8 Å². The normalized spacial score (nSPS) is 26.6. The SMILES string of the molecule is C[C@@H](OCC1CCCCC1)[C@H](NC(=O)C1CN(C(=O)c2cnn(Cc3ccccc3)c2)CC12CN(C(=O)[C@H]1CC1(C)C)C2)C(=O)N1CC2(CCC2)C1. The smallest absolute Gasteiger partial charge is 0.257 e. The molecular weight excluding hydrogens is 656 g/mol. The number of amides is 4. The third kappa shape index (κ3) is 6.78. The minimum absolute atomic E-state index is 0.00443. The van der Waals surface area contributed by atoms with Gasteiger partial charge in [0.2, 0.25) is 17.7 Å². The number of nitrogens with zero attached hydrogens (tertiary/aromatic N) is 5. The highest BCUT2D eigenvalue weighted by atomic mass is 16.5. The molecule has 0 bridgehead atoms. The average Bonchev–Trinajstić information content (AvgIpc) is 3.39. The average molecular weight is 713 g/mol. The Kier molecular flexibility index (Phi) is 9.23. The van der Waals surface area contributed by atoms with E-state index in [0.29, 0.717) is 44.3 Å². The van der Waals surface area contributed by atoms with E-state index >= 15 is 0 Å². The molecule has 4 heterocycles. The zero-order valence-electron chi connectivity index (χ0n) is 31.2. The molecule has 2 spiro atoms. The zero-order chi connectivity index (χ0) is 36.3. The van der Waals surface area contributed by atoms with Gasteiger partial charge in [-0.2, -0.15) is 5.10 Å². The number of carbonyl (C=O) groups excluding carboxylic acids is 4. The molecule has 3 aliphatic heterocycles. The molecule has 1 aromatic carbocycles. The topological polar surface area (TPSA) is 117 Å². The van der Waals surface area contributed by atoms with Crippen molar-refractivity contribution in [2.75, 3.05) is 45.9 Å². The minimum atomic E-state index is -0.809. The van der Waals surface area contributed by atoms with E-state index in [1.807, 2.05) is 47.1 Å². The molecule has 4 amide bonds. The van der Waals surface area contributed by atoms with Crippen LogP contribution in [0.3, 0.4) is 0 Å². The summed E-state index contributed by atoms with van der Waals surface area (Å²) in [7, 11) is 0. The van der Waals surface area contributed by atoms with Crippen molar-refractivity contribution in [2.24, 2.45) is 34.0 Å². The van der Waals surface area contributed by atoms with Gasteiger partial charge in [0.05, 0.1) is 30.3 Å². The molecule has 1 N–H and O–H groups in total. The van der Waals surface area contributed by atoms with Gasteiger partial charge >= 0.3 is 0 Å². The highest BCUT2D eigenvalue weighted by molar-refractivity contribution is 5.96. The molecule has 1 unspecified atom stereocenters.